The third-order valence-corrected chi connectivity index (χ3v) is 2.13. The van der Waals surface area contributed by atoms with E-state index in [1.807, 2.05) is 0 Å². The van der Waals surface area contributed by atoms with Gasteiger partial charge in [-0.25, -0.2) is 0 Å². The van der Waals surface area contributed by atoms with Crippen LogP contribution in [0.3, 0.4) is 0 Å². The number of amides is 2. The van der Waals surface area contributed by atoms with Crippen LogP contribution in [0.5, 0.6) is 0 Å². The van der Waals surface area contributed by atoms with Crippen molar-refractivity contribution in [2.45, 2.75) is 38.5 Å². The third kappa shape index (κ3) is 10.7. The Morgan fingerprint density at radius 1 is 1.00 bits per heavy atom. The van der Waals surface area contributed by atoms with Gasteiger partial charge in [-0.1, -0.05) is 6.42 Å². The van der Waals surface area contributed by atoms with Crippen molar-refractivity contribution >= 4 is 18.6 Å². The Labute approximate surface area is 96.0 Å². The summed E-state index contributed by atoms with van der Waals surface area (Å²) in [6.07, 6.45) is 5.92. The van der Waals surface area contributed by atoms with Gasteiger partial charge in [0.1, 0.15) is 6.29 Å². The lowest BCUT2D eigenvalue weighted by molar-refractivity contribution is -0.121. The summed E-state index contributed by atoms with van der Waals surface area (Å²) in [5.41, 5.74) is 0. The average Bonchev–Trinajstić information content (AvgIpc) is 2.29. The van der Waals surface area contributed by atoms with Gasteiger partial charge in [-0.05, 0) is 19.3 Å². The van der Waals surface area contributed by atoms with E-state index < -0.39 is 0 Å². The van der Waals surface area contributed by atoms with Gasteiger partial charge in [0, 0.05) is 25.9 Å². The Kier molecular flexibility index (Phi) is 10.7. The summed E-state index contributed by atoms with van der Waals surface area (Å²) in [6, 6.07) is 0. The second-order valence-corrected chi connectivity index (χ2v) is 3.54. The van der Waals surface area contributed by atoms with Crippen molar-refractivity contribution < 1.29 is 14.4 Å². The molecule has 0 saturated carbocycles. The number of carbonyl (C=O) groups excluding carboxylic acids is 3. The van der Waals surface area contributed by atoms with Gasteiger partial charge in [0.15, 0.2) is 0 Å². The molecule has 0 aliphatic heterocycles. The van der Waals surface area contributed by atoms with E-state index in [0.717, 1.165) is 25.5 Å². The standard InChI is InChI=1S/C11H20N2O3/c14-9-5-4-8-13-11(16)6-2-1-3-7-12-10-15/h9-10H,1-8H2,(H,12,15)(H,13,16). The van der Waals surface area contributed by atoms with E-state index in [0.29, 0.717) is 38.8 Å². The predicted octanol–water partition coefficient (Wildman–Crippen LogP) is 0.388. The lowest BCUT2D eigenvalue weighted by atomic mass is 10.2. The zero-order valence-electron chi connectivity index (χ0n) is 9.54. The molecule has 0 unspecified atom stereocenters. The summed E-state index contributed by atoms with van der Waals surface area (Å²) in [5, 5.41) is 5.32. The predicted molar refractivity (Wildman–Crippen MR) is 60.8 cm³/mol. The maximum Gasteiger partial charge on any atom is 0.219 e. The van der Waals surface area contributed by atoms with Gasteiger partial charge < -0.3 is 15.4 Å². The van der Waals surface area contributed by atoms with Crippen LogP contribution < -0.4 is 10.6 Å². The maximum atomic E-state index is 11.2. The van der Waals surface area contributed by atoms with Crippen LogP contribution >= 0.6 is 0 Å². The fourth-order valence-corrected chi connectivity index (χ4v) is 1.25. The number of nitrogens with one attached hydrogen (secondary N) is 2. The molecule has 0 aromatic carbocycles. The van der Waals surface area contributed by atoms with Gasteiger partial charge in [0.2, 0.25) is 12.3 Å². The fraction of sp³-hybridized carbons (Fsp3) is 0.727. The second kappa shape index (κ2) is 11.7. The monoisotopic (exact) mass is 228 g/mol. The summed E-state index contributed by atoms with van der Waals surface area (Å²) >= 11 is 0. The molecule has 0 spiro atoms. The van der Waals surface area contributed by atoms with Crippen molar-refractivity contribution in [3.05, 3.63) is 0 Å². The van der Waals surface area contributed by atoms with Gasteiger partial charge in [-0.15, -0.1) is 0 Å². The number of hydrogen-bond acceptors (Lipinski definition) is 3. The molecule has 92 valence electrons. The van der Waals surface area contributed by atoms with Crippen LogP contribution in [0.2, 0.25) is 0 Å². The molecule has 0 radical (unpaired) electrons. The van der Waals surface area contributed by atoms with Crippen molar-refractivity contribution in [1.29, 1.82) is 0 Å². The minimum atomic E-state index is 0.0363. The van der Waals surface area contributed by atoms with E-state index >= 15 is 0 Å². The molecule has 0 heterocycles. The van der Waals surface area contributed by atoms with Crippen molar-refractivity contribution in [2.75, 3.05) is 13.1 Å². The number of hydrogen-bond donors (Lipinski definition) is 2. The first-order valence-corrected chi connectivity index (χ1v) is 5.68. The number of aldehydes is 1. The van der Waals surface area contributed by atoms with Crippen molar-refractivity contribution in [3.8, 4) is 0 Å². The fourth-order valence-electron chi connectivity index (χ4n) is 1.25. The van der Waals surface area contributed by atoms with Crippen LogP contribution in [-0.4, -0.2) is 31.7 Å². The smallest absolute Gasteiger partial charge is 0.219 e. The number of carbonyl (C=O) groups is 3. The number of rotatable bonds is 11. The van der Waals surface area contributed by atoms with E-state index in [9.17, 15) is 14.4 Å². The van der Waals surface area contributed by atoms with Crippen LogP contribution in [-0.2, 0) is 14.4 Å². The Morgan fingerprint density at radius 2 is 1.81 bits per heavy atom. The highest BCUT2D eigenvalue weighted by Crippen LogP contribution is 1.98. The van der Waals surface area contributed by atoms with E-state index in [2.05, 4.69) is 10.6 Å². The average molecular weight is 228 g/mol. The molecule has 2 N–H and O–H groups in total. The van der Waals surface area contributed by atoms with Crippen LogP contribution in [0.25, 0.3) is 0 Å². The van der Waals surface area contributed by atoms with Crippen molar-refractivity contribution in [2.24, 2.45) is 0 Å². The maximum absolute atomic E-state index is 11.2. The van der Waals surface area contributed by atoms with Crippen LogP contribution in [0.4, 0.5) is 0 Å². The molecule has 0 aromatic heterocycles. The quantitative estimate of drug-likeness (QED) is 0.397. The summed E-state index contributed by atoms with van der Waals surface area (Å²) in [5.74, 6) is 0.0363. The lowest BCUT2D eigenvalue weighted by Crippen LogP contribution is -2.24. The van der Waals surface area contributed by atoms with Gasteiger partial charge in [-0.2, -0.15) is 0 Å². The van der Waals surface area contributed by atoms with Crippen LogP contribution in [0.1, 0.15) is 38.5 Å². The Morgan fingerprint density at radius 3 is 2.50 bits per heavy atom. The Hall–Kier alpha value is -1.39. The van der Waals surface area contributed by atoms with Crippen molar-refractivity contribution in [1.82, 2.24) is 10.6 Å². The first-order valence-electron chi connectivity index (χ1n) is 5.68. The lowest BCUT2D eigenvalue weighted by Gasteiger charge is -2.03. The summed E-state index contributed by atoms with van der Waals surface area (Å²) in [6.45, 7) is 1.24. The molecule has 0 saturated heterocycles. The van der Waals surface area contributed by atoms with E-state index in [-0.39, 0.29) is 5.91 Å². The molecule has 5 heteroatoms. The molecule has 16 heavy (non-hydrogen) atoms. The van der Waals surface area contributed by atoms with Gasteiger partial charge >= 0.3 is 0 Å². The van der Waals surface area contributed by atoms with Gasteiger partial charge in [0.05, 0.1) is 0 Å². The molecule has 0 rings (SSSR count). The largest absolute Gasteiger partial charge is 0.359 e. The minimum Gasteiger partial charge on any atom is -0.359 e. The van der Waals surface area contributed by atoms with E-state index in [1.165, 1.54) is 0 Å². The minimum absolute atomic E-state index is 0.0363. The summed E-state index contributed by atoms with van der Waals surface area (Å²) in [7, 11) is 0. The molecular weight excluding hydrogens is 208 g/mol. The third-order valence-electron chi connectivity index (χ3n) is 2.13. The normalized spacial score (nSPS) is 9.50. The first-order chi connectivity index (χ1) is 7.81. The van der Waals surface area contributed by atoms with Crippen molar-refractivity contribution in [3.63, 3.8) is 0 Å². The Bertz CT molecular complexity index is 207. The highest BCUT2D eigenvalue weighted by molar-refractivity contribution is 5.75. The molecule has 0 aliphatic carbocycles. The van der Waals surface area contributed by atoms with E-state index in [1.54, 1.807) is 0 Å². The van der Waals surface area contributed by atoms with Crippen LogP contribution in [0.15, 0.2) is 0 Å². The molecule has 0 aliphatic rings. The zero-order chi connectivity index (χ0) is 12.1. The molecule has 0 atom stereocenters. The highest BCUT2D eigenvalue weighted by atomic mass is 16.1. The molecule has 0 fully saturated rings. The second-order valence-electron chi connectivity index (χ2n) is 3.54. The van der Waals surface area contributed by atoms with Crippen LogP contribution in [0, 0.1) is 0 Å². The summed E-state index contributed by atoms with van der Waals surface area (Å²) in [4.78, 5) is 31.1. The number of unbranched alkanes of at least 4 members (excludes halogenated alkanes) is 3. The zero-order valence-corrected chi connectivity index (χ0v) is 9.54. The molecular formula is C11H20N2O3. The molecule has 0 aromatic rings. The highest BCUT2D eigenvalue weighted by Gasteiger charge is 1.99. The first kappa shape index (κ1) is 14.6. The summed E-state index contributed by atoms with van der Waals surface area (Å²) < 4.78 is 0. The van der Waals surface area contributed by atoms with E-state index in [4.69, 9.17) is 0 Å². The molecule has 0 bridgehead atoms. The molecule has 2 amide bonds. The molecule has 5 nitrogen and oxygen atoms in total. The van der Waals surface area contributed by atoms with Gasteiger partial charge in [-0.3, -0.25) is 9.59 Å². The topological polar surface area (TPSA) is 75.3 Å². The van der Waals surface area contributed by atoms with Gasteiger partial charge in [0.25, 0.3) is 0 Å². The SMILES string of the molecule is O=CCCCNC(=O)CCCCCNC=O. The Balaban J connectivity index is 3.17.